The first-order valence-corrected chi connectivity index (χ1v) is 6.96. The third-order valence-electron chi connectivity index (χ3n) is 3.01. The molecule has 2 aromatic carbocycles. The number of nitrogens with one attached hydrogen (secondary N) is 1. The zero-order valence-electron chi connectivity index (χ0n) is 11.6. The van der Waals surface area contributed by atoms with Crippen LogP contribution in [0, 0.1) is 0 Å². The summed E-state index contributed by atoms with van der Waals surface area (Å²) in [5, 5.41) is 4.55. The van der Waals surface area contributed by atoms with Crippen LogP contribution in [0.5, 0.6) is 5.75 Å². The number of aromatic nitrogens is 1. The Morgan fingerprint density at radius 2 is 1.70 bits per heavy atom. The highest BCUT2D eigenvalue weighted by Gasteiger charge is 2.30. The lowest BCUT2D eigenvalue weighted by Crippen LogP contribution is -2.16. The number of halogens is 4. The predicted octanol–water partition coefficient (Wildman–Crippen LogP) is 5.53. The van der Waals surface area contributed by atoms with E-state index in [1.807, 2.05) is 6.07 Å². The molecule has 0 radical (unpaired) electrons. The molecular weight excluding hydrogens is 329 g/mol. The molecule has 1 heterocycles. The van der Waals surface area contributed by atoms with Crippen molar-refractivity contribution in [2.45, 2.75) is 6.36 Å². The summed E-state index contributed by atoms with van der Waals surface area (Å²) in [4.78, 5) is 4.41. The minimum Gasteiger partial charge on any atom is -0.406 e. The Kier molecular flexibility index (Phi) is 4.00. The number of rotatable bonds is 3. The molecule has 1 aromatic heterocycles. The van der Waals surface area contributed by atoms with Crippen LogP contribution in [0.1, 0.15) is 0 Å². The van der Waals surface area contributed by atoms with Gasteiger partial charge in [-0.05, 0) is 54.6 Å². The number of hydrogen-bond acceptors (Lipinski definition) is 3. The van der Waals surface area contributed by atoms with Crippen LogP contribution in [-0.2, 0) is 0 Å². The van der Waals surface area contributed by atoms with Crippen molar-refractivity contribution in [3.63, 3.8) is 0 Å². The monoisotopic (exact) mass is 338 g/mol. The molecule has 0 saturated heterocycles. The fourth-order valence-electron chi connectivity index (χ4n) is 2.05. The van der Waals surface area contributed by atoms with E-state index < -0.39 is 6.36 Å². The molecule has 0 saturated carbocycles. The average Bonchev–Trinajstić information content (AvgIpc) is 2.48. The molecule has 0 atom stereocenters. The van der Waals surface area contributed by atoms with E-state index in [0.29, 0.717) is 16.5 Å². The fraction of sp³-hybridized carbons (Fsp3) is 0.0625. The highest BCUT2D eigenvalue weighted by Crippen LogP contribution is 2.26. The lowest BCUT2D eigenvalue weighted by Gasteiger charge is -2.10. The quantitative estimate of drug-likeness (QED) is 0.681. The van der Waals surface area contributed by atoms with Gasteiger partial charge in [0.1, 0.15) is 11.6 Å². The van der Waals surface area contributed by atoms with Gasteiger partial charge in [0.2, 0.25) is 0 Å². The number of pyridine rings is 1. The lowest BCUT2D eigenvalue weighted by atomic mass is 10.2. The highest BCUT2D eigenvalue weighted by atomic mass is 35.5. The molecule has 0 amide bonds. The molecular formula is C16H10ClF3N2O. The molecule has 0 fully saturated rings. The third kappa shape index (κ3) is 4.04. The summed E-state index contributed by atoms with van der Waals surface area (Å²) in [5.74, 6) is 0.300. The number of fused-ring (bicyclic) bond motifs is 1. The van der Waals surface area contributed by atoms with Crippen LogP contribution in [-0.4, -0.2) is 11.3 Å². The van der Waals surface area contributed by atoms with Crippen molar-refractivity contribution in [1.82, 2.24) is 4.98 Å². The van der Waals surface area contributed by atoms with Gasteiger partial charge in [0.25, 0.3) is 0 Å². The Morgan fingerprint density at radius 3 is 2.39 bits per heavy atom. The van der Waals surface area contributed by atoms with Gasteiger partial charge in [-0.15, -0.1) is 13.2 Å². The molecule has 3 aromatic rings. The van der Waals surface area contributed by atoms with Crippen LogP contribution < -0.4 is 10.1 Å². The maximum atomic E-state index is 12.1. The molecule has 0 aliphatic heterocycles. The van der Waals surface area contributed by atoms with E-state index in [-0.39, 0.29) is 5.75 Å². The largest absolute Gasteiger partial charge is 0.573 e. The predicted molar refractivity (Wildman–Crippen MR) is 83.2 cm³/mol. The van der Waals surface area contributed by atoms with E-state index in [1.54, 1.807) is 24.3 Å². The number of hydrogen-bond donors (Lipinski definition) is 1. The molecule has 1 N–H and O–H groups in total. The molecule has 118 valence electrons. The summed E-state index contributed by atoms with van der Waals surface area (Å²) >= 11 is 5.91. The van der Waals surface area contributed by atoms with Gasteiger partial charge in [-0.2, -0.15) is 0 Å². The number of anilines is 2. The standard InChI is InChI=1S/C16H10ClF3N2O/c17-11-2-7-14-10(9-11)1-8-15(22-14)21-12-3-5-13(6-4-12)23-16(18,19)20/h1-9H,(H,21,22). The number of benzene rings is 2. The van der Waals surface area contributed by atoms with Crippen molar-refractivity contribution in [3.8, 4) is 5.75 Å². The Bertz CT molecular complexity index is 835. The minimum atomic E-state index is -4.70. The minimum absolute atomic E-state index is 0.274. The second-order valence-electron chi connectivity index (χ2n) is 4.73. The van der Waals surface area contributed by atoms with Gasteiger partial charge in [0.15, 0.2) is 0 Å². The van der Waals surface area contributed by atoms with Gasteiger partial charge in [-0.3, -0.25) is 0 Å². The summed E-state index contributed by atoms with van der Waals surface area (Å²) in [6.45, 7) is 0. The smallest absolute Gasteiger partial charge is 0.406 e. The summed E-state index contributed by atoms with van der Waals surface area (Å²) in [7, 11) is 0. The van der Waals surface area contributed by atoms with Gasteiger partial charge < -0.3 is 10.1 Å². The maximum absolute atomic E-state index is 12.1. The van der Waals surface area contributed by atoms with Crippen LogP contribution in [0.3, 0.4) is 0 Å². The zero-order valence-corrected chi connectivity index (χ0v) is 12.3. The average molecular weight is 339 g/mol. The summed E-state index contributed by atoms with van der Waals surface area (Å²) < 4.78 is 40.1. The normalized spacial score (nSPS) is 11.5. The Hall–Kier alpha value is -2.47. The van der Waals surface area contributed by atoms with Crippen molar-refractivity contribution in [2.24, 2.45) is 0 Å². The van der Waals surface area contributed by atoms with Gasteiger partial charge >= 0.3 is 6.36 Å². The molecule has 0 aliphatic rings. The van der Waals surface area contributed by atoms with Crippen molar-refractivity contribution in [1.29, 1.82) is 0 Å². The van der Waals surface area contributed by atoms with Crippen LogP contribution in [0.4, 0.5) is 24.7 Å². The molecule has 0 unspecified atom stereocenters. The second kappa shape index (κ2) is 5.96. The van der Waals surface area contributed by atoms with Gasteiger partial charge in [-0.25, -0.2) is 4.98 Å². The molecule has 3 rings (SSSR count). The highest BCUT2D eigenvalue weighted by molar-refractivity contribution is 6.31. The SMILES string of the molecule is FC(F)(F)Oc1ccc(Nc2ccc3cc(Cl)ccc3n2)cc1. The number of alkyl halides is 3. The Labute approximate surface area is 134 Å². The number of ether oxygens (including phenoxy) is 1. The molecule has 23 heavy (non-hydrogen) atoms. The van der Waals surface area contributed by atoms with Gasteiger partial charge in [0, 0.05) is 16.1 Å². The summed E-state index contributed by atoms with van der Waals surface area (Å²) in [6, 6.07) is 14.4. The Balaban J connectivity index is 1.77. The van der Waals surface area contributed by atoms with Gasteiger partial charge in [0.05, 0.1) is 5.52 Å². The lowest BCUT2D eigenvalue weighted by molar-refractivity contribution is -0.274. The zero-order chi connectivity index (χ0) is 16.4. The Morgan fingerprint density at radius 1 is 0.957 bits per heavy atom. The first kappa shape index (κ1) is 15.4. The van der Waals surface area contributed by atoms with E-state index in [9.17, 15) is 13.2 Å². The fourth-order valence-corrected chi connectivity index (χ4v) is 2.23. The van der Waals surface area contributed by atoms with Crippen molar-refractivity contribution >= 4 is 34.0 Å². The van der Waals surface area contributed by atoms with Crippen LogP contribution in [0.15, 0.2) is 54.6 Å². The van der Waals surface area contributed by atoms with Crippen LogP contribution in [0.25, 0.3) is 10.9 Å². The first-order chi connectivity index (χ1) is 10.9. The van der Waals surface area contributed by atoms with Crippen molar-refractivity contribution < 1.29 is 17.9 Å². The number of nitrogens with zero attached hydrogens (tertiary/aromatic N) is 1. The van der Waals surface area contributed by atoms with Crippen molar-refractivity contribution in [3.05, 3.63) is 59.6 Å². The van der Waals surface area contributed by atoms with Gasteiger partial charge in [-0.1, -0.05) is 11.6 Å². The molecule has 3 nitrogen and oxygen atoms in total. The van der Waals surface area contributed by atoms with E-state index in [1.165, 1.54) is 24.3 Å². The molecule has 7 heteroatoms. The first-order valence-electron chi connectivity index (χ1n) is 6.58. The van der Waals surface area contributed by atoms with E-state index in [4.69, 9.17) is 11.6 Å². The van der Waals surface area contributed by atoms with Crippen LogP contribution in [0.2, 0.25) is 5.02 Å². The van der Waals surface area contributed by atoms with E-state index >= 15 is 0 Å². The molecule has 0 aliphatic carbocycles. The van der Waals surface area contributed by atoms with Crippen LogP contribution >= 0.6 is 11.6 Å². The molecule has 0 bridgehead atoms. The third-order valence-corrected chi connectivity index (χ3v) is 3.25. The second-order valence-corrected chi connectivity index (χ2v) is 5.17. The van der Waals surface area contributed by atoms with E-state index in [2.05, 4.69) is 15.0 Å². The van der Waals surface area contributed by atoms with Crippen molar-refractivity contribution in [2.75, 3.05) is 5.32 Å². The maximum Gasteiger partial charge on any atom is 0.573 e. The summed E-state index contributed by atoms with van der Waals surface area (Å²) in [5.41, 5.74) is 1.36. The van der Waals surface area contributed by atoms with E-state index in [0.717, 1.165) is 10.9 Å². The topological polar surface area (TPSA) is 34.1 Å². The molecule has 0 spiro atoms. The summed E-state index contributed by atoms with van der Waals surface area (Å²) in [6.07, 6.45) is -4.70.